The number of nitrogens with zero attached hydrogens (tertiary/aromatic N) is 5. The fraction of sp³-hybridized carbons (Fsp3) is 0.444. The highest BCUT2D eigenvalue weighted by Gasteiger charge is 2.22. The molecule has 1 saturated heterocycles. The number of hydrogen-bond donors (Lipinski definition) is 1. The number of benzene rings is 1. The van der Waals surface area contributed by atoms with Crippen LogP contribution in [-0.2, 0) is 0 Å². The van der Waals surface area contributed by atoms with Crippen LogP contribution in [0.5, 0.6) is 0 Å². The zero-order chi connectivity index (χ0) is 18.1. The molecule has 0 radical (unpaired) electrons. The topological polar surface area (TPSA) is 56.9 Å². The molecule has 0 spiro atoms. The van der Waals surface area contributed by atoms with Crippen molar-refractivity contribution in [2.24, 2.45) is 0 Å². The number of piperazine rings is 1. The van der Waals surface area contributed by atoms with E-state index in [1.807, 2.05) is 41.9 Å². The molecule has 26 heavy (non-hydrogen) atoms. The molecule has 1 aromatic carbocycles. The fourth-order valence-electron chi connectivity index (χ4n) is 3.13. The molecule has 138 valence electrons. The van der Waals surface area contributed by atoms with Crippen molar-refractivity contribution in [2.45, 2.75) is 19.4 Å². The molecule has 0 saturated carbocycles. The van der Waals surface area contributed by atoms with Gasteiger partial charge in [-0.1, -0.05) is 42.0 Å². The molecule has 4 rings (SSSR count). The van der Waals surface area contributed by atoms with Crippen LogP contribution in [0.15, 0.2) is 30.5 Å². The van der Waals surface area contributed by atoms with Crippen LogP contribution in [0.25, 0.3) is 16.2 Å². The minimum Gasteiger partial charge on any atom is -0.392 e. The number of aliphatic hydroxyl groups excluding tert-OH is 1. The van der Waals surface area contributed by atoms with E-state index in [0.717, 1.165) is 65.5 Å². The lowest BCUT2D eigenvalue weighted by Crippen LogP contribution is -2.48. The largest absolute Gasteiger partial charge is 0.392 e. The maximum atomic E-state index is 9.81. The van der Waals surface area contributed by atoms with Crippen LogP contribution in [0, 0.1) is 0 Å². The molecule has 1 fully saturated rings. The van der Waals surface area contributed by atoms with Crippen molar-refractivity contribution in [2.75, 3.05) is 37.6 Å². The number of aromatic nitrogens is 3. The van der Waals surface area contributed by atoms with Crippen LogP contribution in [0.3, 0.4) is 0 Å². The third-order valence-corrected chi connectivity index (χ3v) is 5.99. The van der Waals surface area contributed by atoms with Crippen molar-refractivity contribution >= 4 is 33.0 Å². The summed E-state index contributed by atoms with van der Waals surface area (Å²) in [7, 11) is 0. The van der Waals surface area contributed by atoms with E-state index in [4.69, 9.17) is 21.7 Å². The van der Waals surface area contributed by atoms with Gasteiger partial charge in [-0.3, -0.25) is 4.90 Å². The minimum absolute atomic E-state index is 0.226. The van der Waals surface area contributed by atoms with Gasteiger partial charge in [0, 0.05) is 43.3 Å². The second kappa shape index (κ2) is 7.52. The Bertz CT molecular complexity index is 838. The lowest BCUT2D eigenvalue weighted by atomic mass is 10.2. The highest BCUT2D eigenvalue weighted by atomic mass is 35.5. The van der Waals surface area contributed by atoms with Gasteiger partial charge < -0.3 is 10.0 Å². The Labute approximate surface area is 161 Å². The Morgan fingerprint density at radius 3 is 2.58 bits per heavy atom. The predicted molar refractivity (Wildman–Crippen MR) is 106 cm³/mol. The summed E-state index contributed by atoms with van der Waals surface area (Å²) in [4.78, 5) is 10.2. The molecule has 0 amide bonds. The van der Waals surface area contributed by atoms with Crippen LogP contribution < -0.4 is 4.90 Å². The normalized spacial score (nSPS) is 17.1. The summed E-state index contributed by atoms with van der Waals surface area (Å²) in [6.45, 7) is 6.54. The average molecular weight is 392 g/mol. The summed E-state index contributed by atoms with van der Waals surface area (Å²) < 4.78 is 1.86. The van der Waals surface area contributed by atoms with E-state index in [9.17, 15) is 5.11 Å². The summed E-state index contributed by atoms with van der Waals surface area (Å²) in [6, 6.07) is 7.69. The van der Waals surface area contributed by atoms with E-state index in [-0.39, 0.29) is 6.10 Å². The van der Waals surface area contributed by atoms with Crippen LogP contribution in [0.1, 0.15) is 13.3 Å². The molecule has 3 heterocycles. The van der Waals surface area contributed by atoms with E-state index in [1.165, 1.54) is 0 Å². The number of β-amino-alcohol motifs (C(OH)–C–C–N with tert-alkyl or cyclic N) is 1. The van der Waals surface area contributed by atoms with Crippen molar-refractivity contribution in [1.82, 2.24) is 19.5 Å². The molecule has 6 nitrogen and oxygen atoms in total. The smallest absolute Gasteiger partial charge is 0.214 e. The first-order valence-corrected chi connectivity index (χ1v) is 10.1. The lowest BCUT2D eigenvalue weighted by molar-refractivity contribution is 0.106. The second-order valence-electron chi connectivity index (χ2n) is 6.59. The highest BCUT2D eigenvalue weighted by Crippen LogP contribution is 2.28. The SMILES string of the molecule is CCC(O)CN1CCN(c2nn3cc(-c4ccc(Cl)cc4)nc3s2)CC1. The molecule has 2 aromatic heterocycles. The van der Waals surface area contributed by atoms with Gasteiger partial charge in [-0.15, -0.1) is 5.10 Å². The summed E-state index contributed by atoms with van der Waals surface area (Å²) in [5, 5.41) is 16.2. The molecular formula is C18H22ClN5OS. The Morgan fingerprint density at radius 1 is 1.19 bits per heavy atom. The zero-order valence-corrected chi connectivity index (χ0v) is 16.2. The van der Waals surface area contributed by atoms with Gasteiger partial charge in [-0.25, -0.2) is 9.50 Å². The van der Waals surface area contributed by atoms with Gasteiger partial charge in [0.05, 0.1) is 18.0 Å². The van der Waals surface area contributed by atoms with E-state index < -0.39 is 0 Å². The maximum absolute atomic E-state index is 9.81. The van der Waals surface area contributed by atoms with Crippen molar-refractivity contribution in [1.29, 1.82) is 0 Å². The van der Waals surface area contributed by atoms with Crippen LogP contribution in [-0.4, -0.2) is 63.4 Å². The number of fused-ring (bicyclic) bond motifs is 1. The molecule has 1 atom stereocenters. The molecule has 0 bridgehead atoms. The van der Waals surface area contributed by atoms with Crippen molar-refractivity contribution in [3.8, 4) is 11.3 Å². The van der Waals surface area contributed by atoms with Gasteiger partial charge in [-0.05, 0) is 18.6 Å². The third kappa shape index (κ3) is 3.71. The van der Waals surface area contributed by atoms with E-state index in [2.05, 4.69) is 9.80 Å². The number of aliphatic hydroxyl groups is 1. The summed E-state index contributed by atoms with van der Waals surface area (Å²) in [5.74, 6) is 0. The first-order valence-electron chi connectivity index (χ1n) is 8.90. The Hall–Kier alpha value is -1.67. The van der Waals surface area contributed by atoms with Crippen LogP contribution >= 0.6 is 22.9 Å². The number of hydrogen-bond acceptors (Lipinski definition) is 6. The highest BCUT2D eigenvalue weighted by molar-refractivity contribution is 7.20. The van der Waals surface area contributed by atoms with Gasteiger partial charge in [0.1, 0.15) is 0 Å². The summed E-state index contributed by atoms with van der Waals surface area (Å²) in [6.07, 6.45) is 2.54. The molecular weight excluding hydrogens is 370 g/mol. The van der Waals surface area contributed by atoms with Crippen LogP contribution in [0.4, 0.5) is 5.13 Å². The number of imidazole rings is 1. The van der Waals surface area contributed by atoms with Crippen molar-refractivity contribution < 1.29 is 5.11 Å². The fourth-order valence-corrected chi connectivity index (χ4v) is 4.19. The van der Waals surface area contributed by atoms with Crippen LogP contribution in [0.2, 0.25) is 5.02 Å². The van der Waals surface area contributed by atoms with Gasteiger partial charge in [0.2, 0.25) is 10.1 Å². The Morgan fingerprint density at radius 2 is 1.92 bits per heavy atom. The number of rotatable bonds is 5. The summed E-state index contributed by atoms with van der Waals surface area (Å²) >= 11 is 7.57. The van der Waals surface area contributed by atoms with Crippen molar-refractivity contribution in [3.63, 3.8) is 0 Å². The maximum Gasteiger partial charge on any atom is 0.214 e. The van der Waals surface area contributed by atoms with Gasteiger partial charge in [0.25, 0.3) is 0 Å². The first kappa shape index (κ1) is 17.7. The average Bonchev–Trinajstić information content (AvgIpc) is 3.22. The molecule has 1 N–H and O–H groups in total. The first-order chi connectivity index (χ1) is 12.6. The van der Waals surface area contributed by atoms with E-state index >= 15 is 0 Å². The lowest BCUT2D eigenvalue weighted by Gasteiger charge is -2.35. The predicted octanol–water partition coefficient (Wildman–Crippen LogP) is 3.00. The van der Waals surface area contributed by atoms with Gasteiger partial charge in [0.15, 0.2) is 0 Å². The second-order valence-corrected chi connectivity index (χ2v) is 7.97. The standard InChI is InChI=1S/C18H22ClN5OS/c1-2-15(25)11-22-7-9-23(10-8-22)18-21-24-12-16(20-17(24)26-18)13-3-5-14(19)6-4-13/h3-6,12,15,25H,2,7-11H2,1H3. The molecule has 0 aliphatic carbocycles. The van der Waals surface area contributed by atoms with Gasteiger partial charge >= 0.3 is 0 Å². The quantitative estimate of drug-likeness (QED) is 0.724. The minimum atomic E-state index is -0.226. The monoisotopic (exact) mass is 391 g/mol. The molecule has 1 unspecified atom stereocenters. The Balaban J connectivity index is 1.44. The number of halogens is 1. The molecule has 1 aliphatic rings. The molecule has 8 heteroatoms. The molecule has 1 aliphatic heterocycles. The van der Waals surface area contributed by atoms with E-state index in [1.54, 1.807) is 11.3 Å². The molecule has 3 aromatic rings. The third-order valence-electron chi connectivity index (χ3n) is 4.76. The number of anilines is 1. The van der Waals surface area contributed by atoms with Gasteiger partial charge in [-0.2, -0.15) is 0 Å². The van der Waals surface area contributed by atoms with Crippen molar-refractivity contribution in [3.05, 3.63) is 35.5 Å². The summed E-state index contributed by atoms with van der Waals surface area (Å²) in [5.41, 5.74) is 1.95. The van der Waals surface area contributed by atoms with E-state index in [0.29, 0.717) is 0 Å². The zero-order valence-electron chi connectivity index (χ0n) is 14.7. The Kier molecular flexibility index (Phi) is 5.13.